The number of aliphatic hydroxyl groups excluding tert-OH is 1. The molecule has 0 saturated carbocycles. The summed E-state index contributed by atoms with van der Waals surface area (Å²) in [6.07, 6.45) is -0.765. The molecule has 1 saturated heterocycles. The molecule has 1 atom stereocenters. The largest absolute Gasteiger partial charge is 0.395 e. The Labute approximate surface area is 125 Å². The third kappa shape index (κ3) is 3.40. The van der Waals surface area contributed by atoms with Gasteiger partial charge >= 0.3 is 0 Å². The van der Waals surface area contributed by atoms with E-state index in [0.29, 0.717) is 4.31 Å². The van der Waals surface area contributed by atoms with Crippen LogP contribution >= 0.6 is 0 Å². The summed E-state index contributed by atoms with van der Waals surface area (Å²) < 4.78 is 65.4. The van der Waals surface area contributed by atoms with Crippen molar-refractivity contribution in [3.8, 4) is 6.07 Å². The number of benzene rings is 1. The van der Waals surface area contributed by atoms with Crippen LogP contribution in [0.5, 0.6) is 0 Å². The summed E-state index contributed by atoms with van der Waals surface area (Å²) in [6.45, 7) is -1.76. The molecule has 1 heterocycles. The number of nitrogens with zero attached hydrogens (tertiary/aromatic N) is 2. The fourth-order valence-corrected chi connectivity index (χ4v) is 4.14. The summed E-state index contributed by atoms with van der Waals surface area (Å²) in [7, 11) is -4.22. The molecule has 1 aliphatic rings. The molecule has 120 valence electrons. The average Bonchev–Trinajstić information content (AvgIpc) is 2.77. The van der Waals surface area contributed by atoms with E-state index in [4.69, 9.17) is 10.4 Å². The van der Waals surface area contributed by atoms with E-state index in [1.165, 1.54) is 6.07 Å². The second-order valence-electron chi connectivity index (χ2n) is 5.12. The highest BCUT2D eigenvalue weighted by Gasteiger charge is 2.49. The van der Waals surface area contributed by atoms with Crippen molar-refractivity contribution >= 4 is 10.0 Å². The number of rotatable bonds is 4. The smallest absolute Gasteiger partial charge is 0.263 e. The van der Waals surface area contributed by atoms with Crippen molar-refractivity contribution in [2.75, 3.05) is 13.2 Å². The highest BCUT2D eigenvalue weighted by molar-refractivity contribution is 7.88. The fraction of sp³-hybridized carbons (Fsp3) is 0.462. The molecule has 22 heavy (non-hydrogen) atoms. The maximum atomic E-state index is 13.8. The van der Waals surface area contributed by atoms with E-state index in [1.54, 1.807) is 6.07 Å². The average molecular weight is 334 g/mol. The van der Waals surface area contributed by atoms with E-state index in [2.05, 4.69) is 0 Å². The Hall–Kier alpha value is -1.63. The van der Waals surface area contributed by atoms with Gasteiger partial charge in [0.1, 0.15) is 5.82 Å². The molecule has 1 unspecified atom stereocenters. The zero-order valence-corrected chi connectivity index (χ0v) is 12.2. The predicted octanol–water partition coefficient (Wildman–Crippen LogP) is 1.23. The van der Waals surface area contributed by atoms with Crippen molar-refractivity contribution in [1.82, 2.24) is 4.31 Å². The Balaban J connectivity index is 2.27. The molecule has 5 nitrogen and oxygen atoms in total. The minimum Gasteiger partial charge on any atom is -0.395 e. The summed E-state index contributed by atoms with van der Waals surface area (Å²) >= 11 is 0. The molecule has 0 aliphatic carbocycles. The van der Waals surface area contributed by atoms with Crippen molar-refractivity contribution in [2.24, 2.45) is 0 Å². The van der Waals surface area contributed by atoms with Crippen LogP contribution < -0.4 is 0 Å². The van der Waals surface area contributed by atoms with Gasteiger partial charge in [0.25, 0.3) is 5.92 Å². The molecule has 1 aliphatic heterocycles. The third-order valence-corrected chi connectivity index (χ3v) is 5.23. The predicted molar refractivity (Wildman–Crippen MR) is 70.9 cm³/mol. The normalized spacial score (nSPS) is 21.7. The van der Waals surface area contributed by atoms with Gasteiger partial charge in [-0.2, -0.15) is 9.57 Å². The number of alkyl halides is 2. The Morgan fingerprint density at radius 1 is 1.45 bits per heavy atom. The molecule has 1 aromatic rings. The Morgan fingerprint density at radius 3 is 2.68 bits per heavy atom. The third-order valence-electron chi connectivity index (χ3n) is 3.42. The van der Waals surface area contributed by atoms with Gasteiger partial charge in [0, 0.05) is 12.0 Å². The van der Waals surface area contributed by atoms with E-state index in [-0.39, 0.29) is 11.1 Å². The van der Waals surface area contributed by atoms with Crippen LogP contribution in [-0.4, -0.2) is 42.9 Å². The molecule has 0 amide bonds. The van der Waals surface area contributed by atoms with E-state index < -0.39 is 53.1 Å². The van der Waals surface area contributed by atoms with Crippen LogP contribution in [0.2, 0.25) is 0 Å². The van der Waals surface area contributed by atoms with E-state index in [9.17, 15) is 21.6 Å². The van der Waals surface area contributed by atoms with Crippen LogP contribution in [0.25, 0.3) is 0 Å². The molecule has 1 fully saturated rings. The SMILES string of the molecule is N#Cc1ccc(CS(=O)(=O)N2CC(F)(F)CC2CO)c(F)c1. The summed E-state index contributed by atoms with van der Waals surface area (Å²) in [6, 6.07) is 3.75. The van der Waals surface area contributed by atoms with Gasteiger partial charge in [-0.15, -0.1) is 0 Å². The van der Waals surface area contributed by atoms with Gasteiger partial charge in [-0.1, -0.05) is 6.07 Å². The first kappa shape index (κ1) is 16.7. The van der Waals surface area contributed by atoms with Crippen LogP contribution in [0.1, 0.15) is 17.5 Å². The van der Waals surface area contributed by atoms with Gasteiger partial charge in [0.15, 0.2) is 0 Å². The Bertz CT molecular complexity index is 716. The van der Waals surface area contributed by atoms with Crippen molar-refractivity contribution in [3.63, 3.8) is 0 Å². The second kappa shape index (κ2) is 5.87. The topological polar surface area (TPSA) is 81.4 Å². The minimum atomic E-state index is -4.22. The van der Waals surface area contributed by atoms with E-state index in [1.807, 2.05) is 0 Å². The molecular weight excluding hydrogens is 321 g/mol. The first-order valence-electron chi connectivity index (χ1n) is 6.35. The van der Waals surface area contributed by atoms with E-state index >= 15 is 0 Å². The lowest BCUT2D eigenvalue weighted by Crippen LogP contribution is -2.39. The zero-order valence-electron chi connectivity index (χ0n) is 11.3. The molecule has 1 aromatic carbocycles. The van der Waals surface area contributed by atoms with Gasteiger partial charge in [-0.25, -0.2) is 21.6 Å². The Morgan fingerprint density at radius 2 is 2.14 bits per heavy atom. The summed E-state index contributed by atoms with van der Waals surface area (Å²) in [5, 5.41) is 17.7. The van der Waals surface area contributed by atoms with Crippen molar-refractivity contribution in [1.29, 1.82) is 5.26 Å². The van der Waals surface area contributed by atoms with Crippen LogP contribution in [0, 0.1) is 17.1 Å². The van der Waals surface area contributed by atoms with E-state index in [0.717, 1.165) is 12.1 Å². The number of hydrogen-bond acceptors (Lipinski definition) is 4. The van der Waals surface area contributed by atoms with Gasteiger partial charge < -0.3 is 5.11 Å². The Kier molecular flexibility index (Phi) is 4.47. The molecule has 0 bridgehead atoms. The molecule has 2 rings (SSSR count). The molecule has 1 N–H and O–H groups in total. The quantitative estimate of drug-likeness (QED) is 0.898. The van der Waals surface area contributed by atoms with Crippen LogP contribution in [-0.2, 0) is 15.8 Å². The number of hydrogen-bond donors (Lipinski definition) is 1. The van der Waals surface area contributed by atoms with Gasteiger partial charge in [0.2, 0.25) is 10.0 Å². The zero-order chi connectivity index (χ0) is 16.5. The monoisotopic (exact) mass is 334 g/mol. The van der Waals surface area contributed by atoms with Gasteiger partial charge in [-0.3, -0.25) is 0 Å². The summed E-state index contributed by atoms with van der Waals surface area (Å²) in [5.74, 6) is -4.92. The molecule has 9 heteroatoms. The van der Waals surface area contributed by atoms with Crippen LogP contribution in [0.3, 0.4) is 0 Å². The summed E-state index contributed by atoms with van der Waals surface area (Å²) in [5.41, 5.74) is -0.189. The number of aliphatic hydroxyl groups is 1. The lowest BCUT2D eigenvalue weighted by molar-refractivity contribution is 0.0161. The number of nitriles is 1. The lowest BCUT2D eigenvalue weighted by Gasteiger charge is -2.21. The van der Waals surface area contributed by atoms with Crippen molar-refractivity contribution in [2.45, 2.75) is 24.1 Å². The highest BCUT2D eigenvalue weighted by atomic mass is 32.2. The van der Waals surface area contributed by atoms with Gasteiger partial charge in [0.05, 0.1) is 36.6 Å². The van der Waals surface area contributed by atoms with Crippen LogP contribution in [0.15, 0.2) is 18.2 Å². The number of halogens is 3. The van der Waals surface area contributed by atoms with Crippen LogP contribution in [0.4, 0.5) is 13.2 Å². The molecule has 0 radical (unpaired) electrons. The first-order valence-corrected chi connectivity index (χ1v) is 7.96. The lowest BCUT2D eigenvalue weighted by atomic mass is 10.1. The summed E-state index contributed by atoms with van der Waals surface area (Å²) in [4.78, 5) is 0. The molecule has 0 spiro atoms. The molecule has 0 aromatic heterocycles. The highest BCUT2D eigenvalue weighted by Crippen LogP contribution is 2.34. The first-order chi connectivity index (χ1) is 10.2. The second-order valence-corrected chi connectivity index (χ2v) is 7.04. The number of sulfonamides is 1. The molecular formula is C13H13F3N2O3S. The van der Waals surface area contributed by atoms with Crippen molar-refractivity contribution < 1.29 is 26.7 Å². The van der Waals surface area contributed by atoms with Gasteiger partial charge in [-0.05, 0) is 12.1 Å². The standard InChI is InChI=1S/C13H13F3N2O3S/c14-12-3-9(5-17)1-2-10(12)7-22(20,21)18-8-13(15,16)4-11(18)6-19/h1-3,11,19H,4,6-8H2. The maximum Gasteiger partial charge on any atom is 0.263 e. The van der Waals surface area contributed by atoms with Crippen molar-refractivity contribution in [3.05, 3.63) is 35.1 Å². The maximum absolute atomic E-state index is 13.8. The minimum absolute atomic E-state index is 0.0274. The fourth-order valence-electron chi connectivity index (χ4n) is 2.36.